The van der Waals surface area contributed by atoms with Crippen LogP contribution in [0.1, 0.15) is 12.1 Å². The summed E-state index contributed by atoms with van der Waals surface area (Å²) < 4.78 is 2.12. The number of hydrogen-bond acceptors (Lipinski definition) is 5. The van der Waals surface area contributed by atoms with E-state index in [2.05, 4.69) is 20.9 Å². The Balaban J connectivity index is 1.99. The maximum absolute atomic E-state index is 5.88. The fourth-order valence-corrected chi connectivity index (χ4v) is 3.84. The molecule has 3 rings (SSSR count). The summed E-state index contributed by atoms with van der Waals surface area (Å²) >= 11 is 3.70. The Kier molecular flexibility index (Phi) is 3.26. The number of nitrogens with two attached hydrogens (primary N) is 1. The Morgan fingerprint density at radius 3 is 3.18 bits per heavy atom. The van der Waals surface area contributed by atoms with Crippen molar-refractivity contribution in [2.75, 3.05) is 29.5 Å². The number of anilines is 1. The van der Waals surface area contributed by atoms with E-state index < -0.39 is 0 Å². The maximum atomic E-state index is 5.88. The quantitative estimate of drug-likeness (QED) is 0.902. The van der Waals surface area contributed by atoms with E-state index >= 15 is 0 Å². The van der Waals surface area contributed by atoms with Crippen LogP contribution in [0, 0.1) is 0 Å². The predicted molar refractivity (Wildman–Crippen MR) is 75.1 cm³/mol. The number of imidazole rings is 1. The average Bonchev–Trinajstić information content (AvgIpc) is 2.80. The first-order valence-electron chi connectivity index (χ1n) is 5.87. The van der Waals surface area contributed by atoms with Crippen molar-refractivity contribution in [3.8, 4) is 0 Å². The standard InChI is InChI=1S/C11H16N4S2/c12-8-9-10(13-11-15(9)4-7-17-11)14-2-1-5-16-6-3-14/h4,7H,1-3,5-6,8,12H2. The fourth-order valence-electron chi connectivity index (χ4n) is 2.22. The third-order valence-electron chi connectivity index (χ3n) is 3.06. The summed E-state index contributed by atoms with van der Waals surface area (Å²) in [6.45, 7) is 2.74. The van der Waals surface area contributed by atoms with Gasteiger partial charge < -0.3 is 10.6 Å². The van der Waals surface area contributed by atoms with Crippen LogP contribution in [0.3, 0.4) is 0 Å². The van der Waals surface area contributed by atoms with Crippen molar-refractivity contribution in [2.45, 2.75) is 13.0 Å². The van der Waals surface area contributed by atoms with Gasteiger partial charge >= 0.3 is 0 Å². The number of thiazole rings is 1. The number of aromatic nitrogens is 2. The first-order valence-corrected chi connectivity index (χ1v) is 7.91. The van der Waals surface area contributed by atoms with Crippen molar-refractivity contribution in [1.82, 2.24) is 9.38 Å². The van der Waals surface area contributed by atoms with Crippen molar-refractivity contribution in [3.63, 3.8) is 0 Å². The van der Waals surface area contributed by atoms with Crippen molar-refractivity contribution in [1.29, 1.82) is 0 Å². The van der Waals surface area contributed by atoms with Crippen LogP contribution in [0.5, 0.6) is 0 Å². The molecule has 1 aliphatic heterocycles. The summed E-state index contributed by atoms with van der Waals surface area (Å²) in [6.07, 6.45) is 3.30. The summed E-state index contributed by atoms with van der Waals surface area (Å²) in [5.41, 5.74) is 7.02. The molecule has 0 aromatic carbocycles. The Labute approximate surface area is 109 Å². The summed E-state index contributed by atoms with van der Waals surface area (Å²) in [5.74, 6) is 3.55. The van der Waals surface area contributed by atoms with Gasteiger partial charge in [0, 0.05) is 37.0 Å². The van der Waals surface area contributed by atoms with Crippen molar-refractivity contribution in [3.05, 3.63) is 17.3 Å². The molecule has 2 aromatic rings. The Morgan fingerprint density at radius 1 is 1.35 bits per heavy atom. The fraction of sp³-hybridized carbons (Fsp3) is 0.545. The van der Waals surface area contributed by atoms with E-state index in [0.717, 1.165) is 29.6 Å². The smallest absolute Gasteiger partial charge is 0.195 e. The second-order valence-electron chi connectivity index (χ2n) is 4.09. The molecule has 1 fully saturated rings. The lowest BCUT2D eigenvalue weighted by Crippen LogP contribution is -2.27. The lowest BCUT2D eigenvalue weighted by atomic mass is 10.3. The van der Waals surface area contributed by atoms with Crippen LogP contribution >= 0.6 is 23.1 Å². The average molecular weight is 268 g/mol. The molecule has 4 nitrogen and oxygen atoms in total. The van der Waals surface area contributed by atoms with Gasteiger partial charge in [0.25, 0.3) is 0 Å². The van der Waals surface area contributed by atoms with Gasteiger partial charge in [-0.3, -0.25) is 4.40 Å². The lowest BCUT2D eigenvalue weighted by Gasteiger charge is -2.20. The molecule has 0 radical (unpaired) electrons. The number of rotatable bonds is 2. The van der Waals surface area contributed by atoms with Crippen LogP contribution in [0.2, 0.25) is 0 Å². The zero-order valence-corrected chi connectivity index (χ0v) is 11.3. The van der Waals surface area contributed by atoms with E-state index in [1.807, 2.05) is 11.8 Å². The molecule has 6 heteroatoms. The second kappa shape index (κ2) is 4.88. The molecule has 1 saturated heterocycles. The van der Waals surface area contributed by atoms with Gasteiger partial charge in [0.05, 0.1) is 5.69 Å². The topological polar surface area (TPSA) is 46.6 Å². The van der Waals surface area contributed by atoms with Gasteiger partial charge in [0.1, 0.15) is 0 Å². The molecule has 0 aliphatic carbocycles. The molecule has 0 saturated carbocycles. The largest absolute Gasteiger partial charge is 0.354 e. The van der Waals surface area contributed by atoms with E-state index in [-0.39, 0.29) is 0 Å². The molecule has 2 N–H and O–H groups in total. The Hall–Kier alpha value is -0.720. The van der Waals surface area contributed by atoms with E-state index in [1.165, 1.54) is 17.9 Å². The molecule has 1 aliphatic rings. The molecule has 0 unspecified atom stereocenters. The number of nitrogens with zero attached hydrogens (tertiary/aromatic N) is 3. The molecule has 0 bridgehead atoms. The molecule has 3 heterocycles. The first-order chi connectivity index (χ1) is 8.40. The number of hydrogen-bond donors (Lipinski definition) is 1. The van der Waals surface area contributed by atoms with Crippen LogP contribution < -0.4 is 10.6 Å². The molecule has 0 amide bonds. The van der Waals surface area contributed by atoms with E-state index in [4.69, 9.17) is 10.7 Å². The van der Waals surface area contributed by atoms with Gasteiger partial charge in [-0.2, -0.15) is 11.8 Å². The van der Waals surface area contributed by atoms with Crippen LogP contribution in [0.25, 0.3) is 4.96 Å². The van der Waals surface area contributed by atoms with Crippen LogP contribution in [-0.2, 0) is 6.54 Å². The third-order valence-corrected chi connectivity index (χ3v) is 4.86. The van der Waals surface area contributed by atoms with Gasteiger partial charge in [-0.05, 0) is 12.2 Å². The van der Waals surface area contributed by atoms with Gasteiger partial charge in [0.2, 0.25) is 0 Å². The normalized spacial score (nSPS) is 17.6. The van der Waals surface area contributed by atoms with Gasteiger partial charge in [0.15, 0.2) is 10.8 Å². The monoisotopic (exact) mass is 268 g/mol. The second-order valence-corrected chi connectivity index (χ2v) is 6.19. The van der Waals surface area contributed by atoms with Gasteiger partial charge in [-0.1, -0.05) is 0 Å². The van der Waals surface area contributed by atoms with E-state index in [9.17, 15) is 0 Å². The predicted octanol–water partition coefficient (Wildman–Crippen LogP) is 1.80. The van der Waals surface area contributed by atoms with E-state index in [0.29, 0.717) is 6.54 Å². The molecule has 0 spiro atoms. The molecule has 17 heavy (non-hydrogen) atoms. The van der Waals surface area contributed by atoms with E-state index in [1.54, 1.807) is 11.3 Å². The molecular weight excluding hydrogens is 252 g/mol. The Bertz CT molecular complexity index is 497. The summed E-state index contributed by atoms with van der Waals surface area (Å²) in [6, 6.07) is 0. The van der Waals surface area contributed by atoms with Crippen molar-refractivity contribution in [2.24, 2.45) is 5.73 Å². The van der Waals surface area contributed by atoms with Crippen LogP contribution in [0.4, 0.5) is 5.82 Å². The minimum atomic E-state index is 0.552. The van der Waals surface area contributed by atoms with Crippen molar-refractivity contribution >= 4 is 33.9 Å². The minimum Gasteiger partial charge on any atom is -0.354 e. The molecule has 0 atom stereocenters. The van der Waals surface area contributed by atoms with Crippen LogP contribution in [-0.4, -0.2) is 34.0 Å². The van der Waals surface area contributed by atoms with Crippen LogP contribution in [0.15, 0.2) is 11.6 Å². The van der Waals surface area contributed by atoms with Crippen molar-refractivity contribution < 1.29 is 0 Å². The zero-order chi connectivity index (χ0) is 11.7. The lowest BCUT2D eigenvalue weighted by molar-refractivity contribution is 0.793. The Morgan fingerprint density at radius 2 is 2.29 bits per heavy atom. The number of thioether (sulfide) groups is 1. The highest BCUT2D eigenvalue weighted by molar-refractivity contribution is 7.99. The highest BCUT2D eigenvalue weighted by atomic mass is 32.2. The summed E-state index contributed by atoms with van der Waals surface area (Å²) in [5, 5.41) is 2.06. The van der Waals surface area contributed by atoms with Gasteiger partial charge in [-0.25, -0.2) is 4.98 Å². The molecule has 92 valence electrons. The highest BCUT2D eigenvalue weighted by Gasteiger charge is 2.18. The zero-order valence-electron chi connectivity index (χ0n) is 9.63. The molecular formula is C11H16N4S2. The first kappa shape index (κ1) is 11.4. The number of fused-ring (bicyclic) bond motifs is 1. The summed E-state index contributed by atoms with van der Waals surface area (Å²) in [7, 11) is 0. The third kappa shape index (κ3) is 2.05. The van der Waals surface area contributed by atoms with Gasteiger partial charge in [-0.15, -0.1) is 11.3 Å². The molecule has 2 aromatic heterocycles. The highest BCUT2D eigenvalue weighted by Crippen LogP contribution is 2.26. The minimum absolute atomic E-state index is 0.552. The maximum Gasteiger partial charge on any atom is 0.195 e. The SMILES string of the molecule is NCc1c(N2CCCSCC2)nc2sccn12. The summed E-state index contributed by atoms with van der Waals surface area (Å²) in [4.78, 5) is 8.17.